The fraction of sp³-hybridized carbons (Fsp3) is 0.400. The third kappa shape index (κ3) is 3.80. The van der Waals surface area contributed by atoms with Gasteiger partial charge in [0.05, 0.1) is 12.2 Å². The number of hydrogen-bond donors (Lipinski definition) is 0. The molecule has 70 valence electrons. The van der Waals surface area contributed by atoms with Crippen LogP contribution in [-0.2, 0) is 11.3 Å². The fourth-order valence-corrected chi connectivity index (χ4v) is 1.20. The van der Waals surface area contributed by atoms with E-state index in [1.807, 2.05) is 30.1 Å². The zero-order valence-corrected chi connectivity index (χ0v) is 8.03. The molecule has 1 aromatic rings. The highest BCUT2D eigenvalue weighted by atomic mass is 16.1. The lowest BCUT2D eigenvalue weighted by molar-refractivity contribution is -0.117. The predicted molar refractivity (Wildman–Crippen MR) is 51.3 cm³/mol. The lowest BCUT2D eigenvalue weighted by Gasteiger charge is -2.13. The van der Waals surface area contributed by atoms with Gasteiger partial charge in [-0.15, -0.1) is 0 Å². The van der Waals surface area contributed by atoms with Crippen LogP contribution in [0.25, 0.3) is 0 Å². The molecule has 0 spiro atoms. The van der Waals surface area contributed by atoms with Crippen LogP contribution in [0.3, 0.4) is 0 Å². The van der Waals surface area contributed by atoms with Crippen molar-refractivity contribution in [2.75, 3.05) is 13.6 Å². The van der Waals surface area contributed by atoms with Crippen molar-refractivity contribution in [2.24, 2.45) is 0 Å². The van der Waals surface area contributed by atoms with Crippen LogP contribution in [0.4, 0.5) is 0 Å². The molecule has 0 unspecified atom stereocenters. The van der Waals surface area contributed by atoms with Gasteiger partial charge < -0.3 is 0 Å². The summed E-state index contributed by atoms with van der Waals surface area (Å²) in [5.41, 5.74) is 0.992. The maximum absolute atomic E-state index is 10.8. The normalized spacial score (nSPS) is 10.4. The van der Waals surface area contributed by atoms with Crippen molar-refractivity contribution < 1.29 is 4.79 Å². The number of nitrogens with zero attached hydrogens (tertiary/aromatic N) is 2. The molecule has 3 nitrogen and oxygen atoms in total. The van der Waals surface area contributed by atoms with Gasteiger partial charge in [0, 0.05) is 12.7 Å². The molecule has 0 saturated heterocycles. The Balaban J connectivity index is 2.45. The van der Waals surface area contributed by atoms with Crippen molar-refractivity contribution in [3.63, 3.8) is 0 Å². The minimum absolute atomic E-state index is 0.179. The molecule has 1 rings (SSSR count). The Hall–Kier alpha value is -1.22. The SMILES string of the molecule is CC(=O)CN(C)Cc1ccccn1. The molecule has 0 N–H and O–H groups in total. The first-order valence-corrected chi connectivity index (χ1v) is 4.26. The van der Waals surface area contributed by atoms with E-state index in [2.05, 4.69) is 4.98 Å². The van der Waals surface area contributed by atoms with Crippen LogP contribution < -0.4 is 0 Å². The minimum atomic E-state index is 0.179. The standard InChI is InChI=1S/C10H14N2O/c1-9(13)7-12(2)8-10-5-3-4-6-11-10/h3-6H,7-8H2,1-2H3. The minimum Gasteiger partial charge on any atom is -0.299 e. The molecule has 1 aromatic heterocycles. The summed E-state index contributed by atoms with van der Waals surface area (Å²) < 4.78 is 0. The van der Waals surface area contributed by atoms with Crippen molar-refractivity contribution >= 4 is 5.78 Å². The van der Waals surface area contributed by atoms with Crippen LogP contribution in [0, 0.1) is 0 Å². The highest BCUT2D eigenvalue weighted by Gasteiger charge is 2.02. The summed E-state index contributed by atoms with van der Waals surface area (Å²) in [6, 6.07) is 5.79. The smallest absolute Gasteiger partial charge is 0.143 e. The topological polar surface area (TPSA) is 33.2 Å². The highest BCUT2D eigenvalue weighted by Crippen LogP contribution is 1.97. The third-order valence-corrected chi connectivity index (χ3v) is 1.65. The number of Topliss-reactive ketones (excluding diaryl/α,β-unsaturated/α-hetero) is 1. The van der Waals surface area contributed by atoms with Crippen molar-refractivity contribution in [3.05, 3.63) is 30.1 Å². The second kappa shape index (κ2) is 4.72. The lowest BCUT2D eigenvalue weighted by Crippen LogP contribution is -2.24. The van der Waals surface area contributed by atoms with Gasteiger partial charge in [0.2, 0.25) is 0 Å². The average molecular weight is 178 g/mol. The van der Waals surface area contributed by atoms with Gasteiger partial charge in [0.15, 0.2) is 0 Å². The van der Waals surface area contributed by atoms with E-state index in [1.165, 1.54) is 0 Å². The van der Waals surface area contributed by atoms with Gasteiger partial charge in [-0.3, -0.25) is 14.7 Å². The maximum Gasteiger partial charge on any atom is 0.143 e. The maximum atomic E-state index is 10.8. The number of likely N-dealkylation sites (N-methyl/N-ethyl adjacent to an activating group) is 1. The first-order chi connectivity index (χ1) is 6.18. The zero-order valence-electron chi connectivity index (χ0n) is 8.03. The van der Waals surface area contributed by atoms with Gasteiger partial charge in [0.25, 0.3) is 0 Å². The Bertz CT molecular complexity index is 272. The number of ketones is 1. The number of hydrogen-bond acceptors (Lipinski definition) is 3. The molecular formula is C10H14N2O. The van der Waals surface area contributed by atoms with Crippen LogP contribution in [0.5, 0.6) is 0 Å². The Morgan fingerprint density at radius 3 is 2.85 bits per heavy atom. The molecule has 0 amide bonds. The molecule has 0 aliphatic carbocycles. The van der Waals surface area contributed by atoms with Crippen LogP contribution >= 0.6 is 0 Å². The molecule has 1 heterocycles. The number of carbonyl (C=O) groups excluding carboxylic acids is 1. The van der Waals surface area contributed by atoms with Crippen LogP contribution in [0.15, 0.2) is 24.4 Å². The first-order valence-electron chi connectivity index (χ1n) is 4.26. The van der Waals surface area contributed by atoms with E-state index in [0.717, 1.165) is 12.2 Å². The van der Waals surface area contributed by atoms with E-state index in [4.69, 9.17) is 0 Å². The number of rotatable bonds is 4. The second-order valence-corrected chi connectivity index (χ2v) is 3.20. The Morgan fingerprint density at radius 1 is 1.54 bits per heavy atom. The quantitative estimate of drug-likeness (QED) is 0.692. The van der Waals surface area contributed by atoms with Gasteiger partial charge in [-0.1, -0.05) is 6.07 Å². The highest BCUT2D eigenvalue weighted by molar-refractivity contribution is 5.77. The first kappa shape index (κ1) is 9.86. The summed E-state index contributed by atoms with van der Waals surface area (Å²) in [5, 5.41) is 0. The van der Waals surface area contributed by atoms with E-state index in [0.29, 0.717) is 6.54 Å². The van der Waals surface area contributed by atoms with E-state index in [-0.39, 0.29) is 5.78 Å². The summed E-state index contributed by atoms with van der Waals surface area (Å²) in [6.45, 7) is 2.80. The van der Waals surface area contributed by atoms with Crippen molar-refractivity contribution in [2.45, 2.75) is 13.5 Å². The molecule has 3 heteroatoms. The summed E-state index contributed by atoms with van der Waals surface area (Å²) in [5.74, 6) is 0.179. The Labute approximate surface area is 78.4 Å². The summed E-state index contributed by atoms with van der Waals surface area (Å²) in [6.07, 6.45) is 1.76. The van der Waals surface area contributed by atoms with Gasteiger partial charge in [-0.2, -0.15) is 0 Å². The van der Waals surface area contributed by atoms with Gasteiger partial charge >= 0.3 is 0 Å². The van der Waals surface area contributed by atoms with E-state index in [9.17, 15) is 4.79 Å². The van der Waals surface area contributed by atoms with Crippen molar-refractivity contribution in [1.29, 1.82) is 0 Å². The van der Waals surface area contributed by atoms with E-state index < -0.39 is 0 Å². The Morgan fingerprint density at radius 2 is 2.31 bits per heavy atom. The van der Waals surface area contributed by atoms with Crippen LogP contribution in [0.1, 0.15) is 12.6 Å². The van der Waals surface area contributed by atoms with Crippen LogP contribution in [-0.4, -0.2) is 29.3 Å². The Kier molecular flexibility index (Phi) is 3.58. The summed E-state index contributed by atoms with van der Waals surface area (Å²) >= 11 is 0. The number of pyridine rings is 1. The molecule has 0 aromatic carbocycles. The molecule has 0 saturated carbocycles. The van der Waals surface area contributed by atoms with Crippen molar-refractivity contribution in [1.82, 2.24) is 9.88 Å². The summed E-state index contributed by atoms with van der Waals surface area (Å²) in [4.78, 5) is 16.9. The molecular weight excluding hydrogens is 164 g/mol. The van der Waals surface area contributed by atoms with E-state index in [1.54, 1.807) is 13.1 Å². The van der Waals surface area contributed by atoms with Gasteiger partial charge in [-0.05, 0) is 26.1 Å². The van der Waals surface area contributed by atoms with Crippen molar-refractivity contribution in [3.8, 4) is 0 Å². The molecule has 0 atom stereocenters. The zero-order chi connectivity index (χ0) is 9.68. The lowest BCUT2D eigenvalue weighted by atomic mass is 10.3. The fourth-order valence-electron chi connectivity index (χ4n) is 1.20. The monoisotopic (exact) mass is 178 g/mol. The molecule has 0 aliphatic rings. The van der Waals surface area contributed by atoms with Crippen LogP contribution in [0.2, 0.25) is 0 Å². The summed E-state index contributed by atoms with van der Waals surface area (Å²) in [7, 11) is 1.91. The number of aromatic nitrogens is 1. The average Bonchev–Trinajstić information content (AvgIpc) is 2.04. The molecule has 0 fully saturated rings. The molecule has 0 aliphatic heterocycles. The predicted octanol–water partition coefficient (Wildman–Crippen LogP) is 1.10. The molecule has 0 radical (unpaired) electrons. The third-order valence-electron chi connectivity index (χ3n) is 1.65. The van der Waals surface area contributed by atoms with Gasteiger partial charge in [-0.25, -0.2) is 0 Å². The van der Waals surface area contributed by atoms with Gasteiger partial charge in [0.1, 0.15) is 5.78 Å². The molecule has 13 heavy (non-hydrogen) atoms. The largest absolute Gasteiger partial charge is 0.299 e. The number of carbonyl (C=O) groups is 1. The second-order valence-electron chi connectivity index (χ2n) is 3.20. The molecule has 0 bridgehead atoms. The van der Waals surface area contributed by atoms with E-state index >= 15 is 0 Å².